The molecule has 0 aromatic heterocycles. The van der Waals surface area contributed by atoms with Gasteiger partial charge < -0.3 is 14.7 Å². The van der Waals surface area contributed by atoms with E-state index in [4.69, 9.17) is 4.74 Å². The smallest absolute Gasteiger partial charge is 0.457 e. The SMILES string of the molecule is OC1(C(F)(F)F)CCCC1N(Cc1cccc(C(F)(F)C(F)(F)F)c1)c1cccc(Oc2ccccc2)c1. The minimum Gasteiger partial charge on any atom is -0.457 e. The summed E-state index contributed by atoms with van der Waals surface area (Å²) in [4.78, 5) is 1.18. The molecule has 2 unspecified atom stereocenters. The van der Waals surface area contributed by atoms with Gasteiger partial charge in [-0.25, -0.2) is 0 Å². The molecule has 0 bridgehead atoms. The Morgan fingerprint density at radius 1 is 0.816 bits per heavy atom. The molecule has 1 aliphatic rings. The van der Waals surface area contributed by atoms with Gasteiger partial charge in [0.05, 0.1) is 6.04 Å². The van der Waals surface area contributed by atoms with Crippen molar-refractivity contribution in [2.24, 2.45) is 0 Å². The average Bonchev–Trinajstić information content (AvgIpc) is 3.25. The Hall–Kier alpha value is -3.34. The van der Waals surface area contributed by atoms with Gasteiger partial charge in [0.15, 0.2) is 5.60 Å². The van der Waals surface area contributed by atoms with E-state index in [1.165, 1.54) is 29.2 Å². The molecule has 3 aromatic carbocycles. The quantitative estimate of drug-likeness (QED) is 0.306. The Labute approximate surface area is 213 Å². The van der Waals surface area contributed by atoms with Crippen molar-refractivity contribution in [1.82, 2.24) is 0 Å². The van der Waals surface area contributed by atoms with Crippen molar-refractivity contribution in [2.75, 3.05) is 4.90 Å². The summed E-state index contributed by atoms with van der Waals surface area (Å²) >= 11 is 0. The molecule has 0 heterocycles. The van der Waals surface area contributed by atoms with Gasteiger partial charge >= 0.3 is 18.3 Å². The molecule has 1 saturated carbocycles. The van der Waals surface area contributed by atoms with Crippen LogP contribution >= 0.6 is 0 Å². The number of hydrogen-bond donors (Lipinski definition) is 1. The second-order valence-corrected chi connectivity index (χ2v) is 9.14. The molecular weight excluding hydrogens is 522 g/mol. The lowest BCUT2D eigenvalue weighted by Gasteiger charge is -2.41. The van der Waals surface area contributed by atoms with Gasteiger partial charge in [0.2, 0.25) is 0 Å². The van der Waals surface area contributed by atoms with Gasteiger partial charge in [0.25, 0.3) is 0 Å². The van der Waals surface area contributed by atoms with Gasteiger partial charge in [-0.05, 0) is 55.2 Å². The highest BCUT2D eigenvalue weighted by Gasteiger charge is 2.62. The molecule has 1 aliphatic carbocycles. The molecule has 0 aliphatic heterocycles. The third-order valence-electron chi connectivity index (χ3n) is 6.58. The summed E-state index contributed by atoms with van der Waals surface area (Å²) in [6.45, 7) is -0.473. The predicted molar refractivity (Wildman–Crippen MR) is 124 cm³/mol. The molecule has 0 radical (unpaired) electrons. The molecule has 1 N–H and O–H groups in total. The first-order chi connectivity index (χ1) is 17.7. The number of hydrogen-bond acceptors (Lipinski definition) is 3. The second-order valence-electron chi connectivity index (χ2n) is 9.14. The van der Waals surface area contributed by atoms with Gasteiger partial charge in [-0.3, -0.25) is 0 Å². The van der Waals surface area contributed by atoms with Gasteiger partial charge in [0.1, 0.15) is 11.5 Å². The van der Waals surface area contributed by atoms with Crippen molar-refractivity contribution < 1.29 is 45.0 Å². The van der Waals surface area contributed by atoms with Crippen molar-refractivity contribution in [1.29, 1.82) is 0 Å². The molecule has 1 fully saturated rings. The fourth-order valence-corrected chi connectivity index (χ4v) is 4.67. The molecular formula is C27H23F8NO2. The minimum atomic E-state index is -5.85. The first-order valence-corrected chi connectivity index (χ1v) is 11.6. The molecule has 0 spiro atoms. The van der Waals surface area contributed by atoms with E-state index in [-0.39, 0.29) is 29.8 Å². The summed E-state index contributed by atoms with van der Waals surface area (Å²) in [7, 11) is 0. The normalized spacial score (nSPS) is 20.4. The van der Waals surface area contributed by atoms with Crippen LogP contribution in [0.15, 0.2) is 78.9 Å². The molecule has 11 heteroatoms. The topological polar surface area (TPSA) is 32.7 Å². The van der Waals surface area contributed by atoms with E-state index >= 15 is 0 Å². The van der Waals surface area contributed by atoms with Crippen molar-refractivity contribution >= 4 is 5.69 Å². The number of rotatable bonds is 7. The Balaban J connectivity index is 1.75. The summed E-state index contributed by atoms with van der Waals surface area (Å²) in [5.41, 5.74) is -4.36. The maximum atomic E-state index is 14.0. The Bertz CT molecular complexity index is 1250. The van der Waals surface area contributed by atoms with Gasteiger partial charge in [-0.15, -0.1) is 0 Å². The average molecular weight is 545 g/mol. The number of ether oxygens (including phenoxy) is 1. The lowest BCUT2D eigenvalue weighted by molar-refractivity contribution is -0.289. The second kappa shape index (κ2) is 10.1. The molecule has 204 valence electrons. The third-order valence-corrected chi connectivity index (χ3v) is 6.58. The van der Waals surface area contributed by atoms with Crippen molar-refractivity contribution in [3.05, 3.63) is 90.0 Å². The van der Waals surface area contributed by atoms with Crippen LogP contribution < -0.4 is 9.64 Å². The number of nitrogens with zero attached hydrogens (tertiary/aromatic N) is 1. The van der Waals surface area contributed by atoms with Crippen LogP contribution in [0.3, 0.4) is 0 Å². The fraction of sp³-hybridized carbons (Fsp3) is 0.333. The van der Waals surface area contributed by atoms with Crippen LogP contribution in [0, 0.1) is 0 Å². The highest BCUT2D eigenvalue weighted by atomic mass is 19.4. The molecule has 0 saturated heterocycles. The maximum absolute atomic E-state index is 14.0. The number of halogens is 8. The van der Waals surface area contributed by atoms with E-state index in [0.717, 1.165) is 6.07 Å². The highest BCUT2D eigenvalue weighted by molar-refractivity contribution is 5.54. The number of anilines is 1. The van der Waals surface area contributed by atoms with Gasteiger partial charge in [0, 0.05) is 23.9 Å². The Morgan fingerprint density at radius 2 is 1.47 bits per heavy atom. The monoisotopic (exact) mass is 545 g/mol. The Morgan fingerprint density at radius 3 is 2.13 bits per heavy atom. The largest absolute Gasteiger partial charge is 0.458 e. The zero-order valence-corrected chi connectivity index (χ0v) is 19.7. The molecule has 2 atom stereocenters. The number of alkyl halides is 8. The van der Waals surface area contributed by atoms with Gasteiger partial charge in [-0.1, -0.05) is 42.5 Å². The fourth-order valence-electron chi connectivity index (χ4n) is 4.67. The molecule has 38 heavy (non-hydrogen) atoms. The van der Waals surface area contributed by atoms with Crippen LogP contribution in [-0.4, -0.2) is 29.1 Å². The van der Waals surface area contributed by atoms with Crippen molar-refractivity contribution in [3.8, 4) is 11.5 Å². The maximum Gasteiger partial charge on any atom is 0.458 e. The van der Waals surface area contributed by atoms with Crippen molar-refractivity contribution in [2.45, 2.75) is 55.7 Å². The van der Waals surface area contributed by atoms with Crippen LogP contribution in [0.25, 0.3) is 0 Å². The summed E-state index contributed by atoms with van der Waals surface area (Å²) in [5, 5.41) is 10.7. The van der Waals surface area contributed by atoms with E-state index in [1.807, 2.05) is 0 Å². The predicted octanol–water partition coefficient (Wildman–Crippen LogP) is 7.99. The summed E-state index contributed by atoms with van der Waals surface area (Å²) in [5.74, 6) is -4.45. The molecule has 3 nitrogen and oxygen atoms in total. The number of aliphatic hydroxyl groups is 1. The van der Waals surface area contributed by atoms with Crippen molar-refractivity contribution in [3.63, 3.8) is 0 Å². The van der Waals surface area contributed by atoms with Gasteiger partial charge in [-0.2, -0.15) is 35.1 Å². The summed E-state index contributed by atoms with van der Waals surface area (Å²) in [6.07, 6.45) is -11.5. The van der Waals surface area contributed by atoms with E-state index in [2.05, 4.69) is 0 Å². The van der Waals surface area contributed by atoms with Crippen LogP contribution in [0.5, 0.6) is 11.5 Å². The molecule has 4 rings (SSSR count). The first kappa shape index (κ1) is 27.7. The van der Waals surface area contributed by atoms with E-state index in [0.29, 0.717) is 17.9 Å². The van der Waals surface area contributed by atoms with E-state index in [9.17, 15) is 40.2 Å². The third kappa shape index (κ3) is 5.43. The minimum absolute atomic E-state index is 0.0313. The van der Waals surface area contributed by atoms with E-state index in [1.54, 1.807) is 36.4 Å². The zero-order valence-electron chi connectivity index (χ0n) is 19.7. The number of benzene rings is 3. The molecule has 3 aromatic rings. The number of para-hydroxylation sites is 1. The van der Waals surface area contributed by atoms with E-state index < -0.39 is 48.4 Å². The first-order valence-electron chi connectivity index (χ1n) is 11.6. The molecule has 0 amide bonds. The standard InChI is InChI=1S/C27H23F8NO2/c28-25(29,27(33,34)35)19-8-4-7-18(15-19)17-36(23-13-6-14-24(23,37)26(30,31)32)20-9-5-12-22(16-20)38-21-10-2-1-3-11-21/h1-5,7-12,15-16,23,37H,6,13-14,17H2. The van der Waals surface area contributed by atoms with Crippen LogP contribution in [0.4, 0.5) is 40.8 Å². The summed E-state index contributed by atoms with van der Waals surface area (Å²) in [6, 6.07) is 16.4. The highest BCUT2D eigenvalue weighted by Crippen LogP contribution is 2.48. The zero-order chi connectivity index (χ0) is 27.8. The Kier molecular flexibility index (Phi) is 7.35. The van der Waals surface area contributed by atoms with Crippen LogP contribution in [-0.2, 0) is 12.5 Å². The van der Waals surface area contributed by atoms with Crippen LogP contribution in [0.1, 0.15) is 30.4 Å². The lowest BCUT2D eigenvalue weighted by atomic mass is 9.94. The lowest BCUT2D eigenvalue weighted by Crippen LogP contribution is -2.57. The summed E-state index contributed by atoms with van der Waals surface area (Å²) < 4.78 is 115. The van der Waals surface area contributed by atoms with Crippen LogP contribution in [0.2, 0.25) is 0 Å².